The molecular weight excluding hydrogens is 995 g/mol. The maximum Gasteiger partial charge on any atom is 0.306 e. The van der Waals surface area contributed by atoms with Gasteiger partial charge >= 0.3 is 11.9 Å². The first-order valence-corrected chi connectivity index (χ1v) is 34.3. The summed E-state index contributed by atoms with van der Waals surface area (Å²) >= 11 is 0. The van der Waals surface area contributed by atoms with Gasteiger partial charge in [0.15, 0.2) is 12.4 Å². The summed E-state index contributed by atoms with van der Waals surface area (Å²) in [6.45, 7) is 4.74. The van der Waals surface area contributed by atoms with E-state index in [0.29, 0.717) is 17.4 Å². The van der Waals surface area contributed by atoms with Gasteiger partial charge in [-0.25, -0.2) is 0 Å². The van der Waals surface area contributed by atoms with Crippen molar-refractivity contribution in [2.24, 2.45) is 0 Å². The highest BCUT2D eigenvalue weighted by atomic mass is 16.7. The van der Waals surface area contributed by atoms with Crippen molar-refractivity contribution in [3.63, 3.8) is 0 Å². The zero-order chi connectivity index (χ0) is 58.3. The number of ether oxygens (including phenoxy) is 4. The van der Waals surface area contributed by atoms with Crippen molar-refractivity contribution in [3.8, 4) is 0 Å². The number of hydrogen-bond acceptors (Lipinski definition) is 8. The van der Waals surface area contributed by atoms with Crippen molar-refractivity contribution in [2.45, 2.75) is 341 Å². The fraction of sp³-hybridized carbons (Fsp3) is 0.845. The number of aliphatic carboxylic acids is 1. The molecule has 0 aliphatic carbocycles. The van der Waals surface area contributed by atoms with E-state index in [0.717, 1.165) is 64.2 Å². The second kappa shape index (κ2) is 62.3. The number of carbonyl (C=O) groups is 3. The molecule has 2 unspecified atom stereocenters. The average Bonchev–Trinajstić information content (AvgIpc) is 3.43. The van der Waals surface area contributed by atoms with Crippen LogP contribution >= 0.6 is 0 Å². The van der Waals surface area contributed by atoms with Gasteiger partial charge in [-0.2, -0.15) is 0 Å². The molecule has 0 aliphatic heterocycles. The molecule has 0 aliphatic rings. The molecule has 80 heavy (non-hydrogen) atoms. The minimum atomic E-state index is -1.62. The molecule has 0 spiro atoms. The van der Waals surface area contributed by atoms with Crippen molar-refractivity contribution in [1.82, 2.24) is 0 Å². The van der Waals surface area contributed by atoms with Crippen molar-refractivity contribution in [2.75, 3.05) is 47.5 Å². The molecule has 9 nitrogen and oxygen atoms in total. The fourth-order valence-corrected chi connectivity index (χ4v) is 10.0. The largest absolute Gasteiger partial charge is 0.545 e. The van der Waals surface area contributed by atoms with Crippen LogP contribution in [0, 0.1) is 0 Å². The number of carbonyl (C=O) groups excluding carboxylic acids is 3. The Hall–Kier alpha value is -2.75. The topological polar surface area (TPSA) is 111 Å². The molecular formula is C71H131NO8. The Kier molecular flexibility index (Phi) is 60.2. The van der Waals surface area contributed by atoms with E-state index >= 15 is 0 Å². The Labute approximate surface area is 495 Å². The van der Waals surface area contributed by atoms with Gasteiger partial charge in [0, 0.05) is 12.8 Å². The van der Waals surface area contributed by atoms with Crippen LogP contribution in [-0.4, -0.2) is 82.3 Å². The summed E-state index contributed by atoms with van der Waals surface area (Å²) in [7, 11) is 5.93. The van der Waals surface area contributed by atoms with E-state index in [1.165, 1.54) is 231 Å². The van der Waals surface area contributed by atoms with Crippen LogP contribution in [-0.2, 0) is 33.3 Å². The monoisotopic (exact) mass is 1130 g/mol. The maximum atomic E-state index is 12.9. The molecule has 468 valence electrons. The number of nitrogens with zero attached hydrogens (tertiary/aromatic N) is 1. The van der Waals surface area contributed by atoms with Crippen LogP contribution in [0.1, 0.15) is 328 Å². The summed E-state index contributed by atoms with van der Waals surface area (Å²) in [6.07, 6.45) is 76.4. The number of allylic oxidation sites excluding steroid dienone is 8. The standard InChI is InChI=1S/C71H131NO8/c1-6-8-10-12-14-16-18-20-22-24-25-26-27-28-29-30-31-32-33-34-35-36-37-38-39-40-41-42-43-44-45-46-48-50-52-54-56-58-60-62-69(74)80-67(66-79-71(70(75)76)77-64-63-72(3,4)5)65-78-68(73)61-59-57-55-53-51-49-47-23-21-19-17-15-13-11-9-7-2/h17-20,23-25,47,67,71H,6-16,21-22,26-46,48-66H2,1-5H3/b19-17-,20-18-,25-24-,47-23-. The van der Waals surface area contributed by atoms with Crippen LogP contribution in [0.3, 0.4) is 0 Å². The van der Waals surface area contributed by atoms with Gasteiger partial charge in [-0.1, -0.05) is 287 Å². The molecule has 0 bridgehead atoms. The number of carboxylic acid groups (broad SMARTS) is 1. The van der Waals surface area contributed by atoms with Crippen LogP contribution in [0.15, 0.2) is 48.6 Å². The minimum absolute atomic E-state index is 0.147. The molecule has 0 radical (unpaired) electrons. The van der Waals surface area contributed by atoms with Crippen molar-refractivity contribution < 1.29 is 42.9 Å². The van der Waals surface area contributed by atoms with Gasteiger partial charge in [0.05, 0.1) is 40.3 Å². The molecule has 0 amide bonds. The number of unbranched alkanes of at least 4 members (excludes halogenated alkanes) is 41. The lowest BCUT2D eigenvalue weighted by molar-refractivity contribution is -0.870. The molecule has 0 fully saturated rings. The lowest BCUT2D eigenvalue weighted by Gasteiger charge is -2.26. The Bertz CT molecular complexity index is 1450. The molecule has 0 aromatic carbocycles. The Morgan fingerprint density at radius 3 is 1.00 bits per heavy atom. The van der Waals surface area contributed by atoms with Gasteiger partial charge < -0.3 is 33.3 Å². The Balaban J connectivity index is 3.95. The smallest absolute Gasteiger partial charge is 0.306 e. The summed E-state index contributed by atoms with van der Waals surface area (Å²) in [4.78, 5) is 37.3. The third-order valence-corrected chi connectivity index (χ3v) is 15.3. The van der Waals surface area contributed by atoms with Crippen LogP contribution < -0.4 is 5.11 Å². The van der Waals surface area contributed by atoms with E-state index < -0.39 is 24.3 Å². The van der Waals surface area contributed by atoms with Crippen molar-refractivity contribution >= 4 is 17.9 Å². The molecule has 2 atom stereocenters. The van der Waals surface area contributed by atoms with E-state index in [1.807, 2.05) is 21.1 Å². The third kappa shape index (κ3) is 62.8. The molecule has 0 N–H and O–H groups in total. The summed E-state index contributed by atoms with van der Waals surface area (Å²) in [5, 5.41) is 11.8. The first kappa shape index (κ1) is 77.2. The molecule has 0 heterocycles. The van der Waals surface area contributed by atoms with Crippen molar-refractivity contribution in [1.29, 1.82) is 0 Å². The molecule has 0 rings (SSSR count). The third-order valence-electron chi connectivity index (χ3n) is 15.3. The second-order valence-electron chi connectivity index (χ2n) is 24.5. The summed E-state index contributed by atoms with van der Waals surface area (Å²) < 4.78 is 22.7. The van der Waals surface area contributed by atoms with Gasteiger partial charge in [-0.05, 0) is 77.0 Å². The molecule has 0 aromatic heterocycles. The highest BCUT2D eigenvalue weighted by Gasteiger charge is 2.22. The van der Waals surface area contributed by atoms with Crippen LogP contribution in [0.2, 0.25) is 0 Å². The van der Waals surface area contributed by atoms with E-state index in [2.05, 4.69) is 62.5 Å². The van der Waals surface area contributed by atoms with Gasteiger partial charge in [-0.15, -0.1) is 0 Å². The minimum Gasteiger partial charge on any atom is -0.545 e. The van der Waals surface area contributed by atoms with Gasteiger partial charge in [0.2, 0.25) is 0 Å². The summed E-state index contributed by atoms with van der Waals surface area (Å²) in [5.41, 5.74) is 0. The van der Waals surface area contributed by atoms with Crippen LogP contribution in [0.25, 0.3) is 0 Å². The number of quaternary nitrogens is 1. The first-order valence-electron chi connectivity index (χ1n) is 34.3. The van der Waals surface area contributed by atoms with E-state index in [1.54, 1.807) is 0 Å². The van der Waals surface area contributed by atoms with E-state index in [-0.39, 0.29) is 38.6 Å². The fourth-order valence-electron chi connectivity index (χ4n) is 10.0. The van der Waals surface area contributed by atoms with Crippen molar-refractivity contribution in [3.05, 3.63) is 48.6 Å². The van der Waals surface area contributed by atoms with E-state index in [9.17, 15) is 19.5 Å². The summed E-state index contributed by atoms with van der Waals surface area (Å²) in [5.74, 6) is -2.28. The predicted octanol–water partition coefficient (Wildman–Crippen LogP) is 19.6. The molecule has 9 heteroatoms. The molecule has 0 saturated carbocycles. The SMILES string of the molecule is CCCCCC/C=C\C/C=C\CCCCCCCC(=O)OCC(COC(OCC[N+](C)(C)C)C(=O)[O-])OC(=O)CCCCCCCCCCCCCCCCCCCCCCCCCCCCC/C=C\C/C=C\CCCCCCC. The Morgan fingerprint density at radius 2 is 0.675 bits per heavy atom. The zero-order valence-electron chi connectivity index (χ0n) is 53.5. The van der Waals surface area contributed by atoms with Gasteiger partial charge in [0.1, 0.15) is 13.2 Å². The van der Waals surface area contributed by atoms with Crippen LogP contribution in [0.5, 0.6) is 0 Å². The highest BCUT2D eigenvalue weighted by molar-refractivity contribution is 5.70. The predicted molar refractivity (Wildman–Crippen MR) is 339 cm³/mol. The summed E-state index contributed by atoms with van der Waals surface area (Å²) in [6, 6.07) is 0. The quantitative estimate of drug-likeness (QED) is 0.0195. The number of esters is 2. The zero-order valence-corrected chi connectivity index (χ0v) is 53.5. The number of likely N-dealkylation sites (N-methyl/N-ethyl adjacent to an activating group) is 1. The lowest BCUT2D eigenvalue weighted by Crippen LogP contribution is -2.44. The average molecular weight is 1130 g/mol. The van der Waals surface area contributed by atoms with E-state index in [4.69, 9.17) is 18.9 Å². The first-order chi connectivity index (χ1) is 39.1. The van der Waals surface area contributed by atoms with Gasteiger partial charge in [0.25, 0.3) is 0 Å². The molecule has 0 saturated heterocycles. The number of hydrogen-bond donors (Lipinski definition) is 0. The highest BCUT2D eigenvalue weighted by Crippen LogP contribution is 2.18. The molecule has 0 aromatic rings. The lowest BCUT2D eigenvalue weighted by atomic mass is 10.0. The number of carboxylic acids is 1. The van der Waals surface area contributed by atoms with Crippen LogP contribution in [0.4, 0.5) is 0 Å². The van der Waals surface area contributed by atoms with Gasteiger partial charge in [-0.3, -0.25) is 9.59 Å². The second-order valence-corrected chi connectivity index (χ2v) is 24.5. The number of rotatable bonds is 64. The maximum absolute atomic E-state index is 12.9. The normalized spacial score (nSPS) is 13.0. The Morgan fingerprint density at radius 1 is 0.375 bits per heavy atom.